The molecule has 8 heteroatoms. The first-order valence-corrected chi connectivity index (χ1v) is 7.51. The van der Waals surface area contributed by atoms with Crippen LogP contribution in [0.5, 0.6) is 0 Å². The van der Waals surface area contributed by atoms with Crippen LogP contribution in [-0.2, 0) is 4.74 Å². The number of benzene rings is 1. The Balaban J connectivity index is 1.66. The number of carbonyl (C=O) groups is 2. The standard InChI is InChI=1S/C16H17N5O3/c1-24-15(22)11-4-2-3-5-12(11)18-13-8-9-14(21-20-13)19-16(23)17-10-6-7-10/h2-5,8-10H,6-7H2,1H3,(H,18,20)(H2,17,19,21,23). The third-order valence-corrected chi connectivity index (χ3v) is 3.41. The number of hydrogen-bond acceptors (Lipinski definition) is 6. The quantitative estimate of drug-likeness (QED) is 0.728. The van der Waals surface area contributed by atoms with Gasteiger partial charge in [0.15, 0.2) is 11.6 Å². The highest BCUT2D eigenvalue weighted by molar-refractivity contribution is 5.96. The molecule has 2 aromatic rings. The maximum absolute atomic E-state index is 11.7. The summed E-state index contributed by atoms with van der Waals surface area (Å²) in [5, 5.41) is 16.4. The molecule has 124 valence electrons. The van der Waals surface area contributed by atoms with Crippen LogP contribution in [0, 0.1) is 0 Å². The van der Waals surface area contributed by atoms with Crippen molar-refractivity contribution in [2.24, 2.45) is 0 Å². The van der Waals surface area contributed by atoms with Gasteiger partial charge in [0.2, 0.25) is 0 Å². The number of para-hydroxylation sites is 1. The van der Waals surface area contributed by atoms with Gasteiger partial charge in [-0.05, 0) is 37.1 Å². The topological polar surface area (TPSA) is 105 Å². The van der Waals surface area contributed by atoms with E-state index in [0.717, 1.165) is 12.8 Å². The molecule has 8 nitrogen and oxygen atoms in total. The Kier molecular flexibility index (Phi) is 4.55. The van der Waals surface area contributed by atoms with Crippen molar-refractivity contribution in [3.05, 3.63) is 42.0 Å². The van der Waals surface area contributed by atoms with Gasteiger partial charge in [-0.25, -0.2) is 9.59 Å². The lowest BCUT2D eigenvalue weighted by molar-refractivity contribution is 0.0602. The van der Waals surface area contributed by atoms with Crippen LogP contribution in [0.2, 0.25) is 0 Å². The fourth-order valence-corrected chi connectivity index (χ4v) is 2.05. The van der Waals surface area contributed by atoms with Crippen molar-refractivity contribution in [2.45, 2.75) is 18.9 Å². The molecule has 0 atom stereocenters. The van der Waals surface area contributed by atoms with Crippen LogP contribution in [0.15, 0.2) is 36.4 Å². The molecule has 1 fully saturated rings. The Hall–Kier alpha value is -3.16. The van der Waals surface area contributed by atoms with Crippen molar-refractivity contribution in [3.8, 4) is 0 Å². The normalized spacial score (nSPS) is 13.0. The van der Waals surface area contributed by atoms with Crippen LogP contribution >= 0.6 is 0 Å². The lowest BCUT2D eigenvalue weighted by atomic mass is 10.2. The number of rotatable bonds is 5. The maximum Gasteiger partial charge on any atom is 0.339 e. The fourth-order valence-electron chi connectivity index (χ4n) is 2.05. The third kappa shape index (κ3) is 3.97. The van der Waals surface area contributed by atoms with E-state index in [-0.39, 0.29) is 12.1 Å². The smallest absolute Gasteiger partial charge is 0.339 e. The predicted molar refractivity (Wildman–Crippen MR) is 88.3 cm³/mol. The van der Waals surface area contributed by atoms with Gasteiger partial charge in [0.05, 0.1) is 18.4 Å². The minimum Gasteiger partial charge on any atom is -0.465 e. The molecule has 1 aromatic carbocycles. The summed E-state index contributed by atoms with van der Waals surface area (Å²) >= 11 is 0. The molecule has 3 N–H and O–H groups in total. The van der Waals surface area contributed by atoms with E-state index in [1.807, 2.05) is 0 Å². The number of esters is 1. The summed E-state index contributed by atoms with van der Waals surface area (Å²) in [6.45, 7) is 0. The van der Waals surface area contributed by atoms with E-state index in [0.29, 0.717) is 22.9 Å². The third-order valence-electron chi connectivity index (χ3n) is 3.41. The minimum atomic E-state index is -0.443. The number of nitrogens with one attached hydrogen (secondary N) is 3. The van der Waals surface area contributed by atoms with E-state index in [1.54, 1.807) is 36.4 Å². The first kappa shape index (κ1) is 15.7. The summed E-state index contributed by atoms with van der Waals surface area (Å²) in [6.07, 6.45) is 2.03. The summed E-state index contributed by atoms with van der Waals surface area (Å²) in [4.78, 5) is 23.4. The maximum atomic E-state index is 11.7. The molecule has 3 rings (SSSR count). The van der Waals surface area contributed by atoms with Crippen molar-refractivity contribution in [1.82, 2.24) is 15.5 Å². The second-order valence-electron chi connectivity index (χ2n) is 5.34. The van der Waals surface area contributed by atoms with Gasteiger partial charge in [-0.3, -0.25) is 5.32 Å². The predicted octanol–water partition coefficient (Wildman–Crippen LogP) is 2.29. The van der Waals surface area contributed by atoms with Gasteiger partial charge in [0.1, 0.15) is 0 Å². The lowest BCUT2D eigenvalue weighted by Crippen LogP contribution is -2.30. The number of methoxy groups -OCH3 is 1. The van der Waals surface area contributed by atoms with E-state index in [4.69, 9.17) is 4.74 Å². The van der Waals surface area contributed by atoms with Gasteiger partial charge in [-0.15, -0.1) is 10.2 Å². The average molecular weight is 327 g/mol. The van der Waals surface area contributed by atoms with Crippen molar-refractivity contribution < 1.29 is 14.3 Å². The zero-order valence-corrected chi connectivity index (χ0v) is 13.1. The SMILES string of the molecule is COC(=O)c1ccccc1Nc1ccc(NC(=O)NC2CC2)nn1. The molecule has 1 aromatic heterocycles. The summed E-state index contributed by atoms with van der Waals surface area (Å²) in [7, 11) is 1.33. The highest BCUT2D eigenvalue weighted by Gasteiger charge is 2.23. The molecule has 0 bridgehead atoms. The molecule has 0 spiro atoms. The van der Waals surface area contributed by atoms with Crippen molar-refractivity contribution in [1.29, 1.82) is 0 Å². The number of urea groups is 1. The number of amides is 2. The molecule has 24 heavy (non-hydrogen) atoms. The number of hydrogen-bond donors (Lipinski definition) is 3. The van der Waals surface area contributed by atoms with Crippen LogP contribution in [0.3, 0.4) is 0 Å². The number of ether oxygens (including phenoxy) is 1. The summed E-state index contributed by atoms with van der Waals surface area (Å²) in [5.41, 5.74) is 0.957. The lowest BCUT2D eigenvalue weighted by Gasteiger charge is -2.10. The molecule has 0 saturated heterocycles. The van der Waals surface area contributed by atoms with Crippen LogP contribution in [0.1, 0.15) is 23.2 Å². The molecule has 0 unspecified atom stereocenters. The van der Waals surface area contributed by atoms with Gasteiger partial charge in [-0.2, -0.15) is 0 Å². The molecule has 0 aliphatic heterocycles. The Bertz CT molecular complexity index is 744. The van der Waals surface area contributed by atoms with Gasteiger partial charge < -0.3 is 15.4 Å². The average Bonchev–Trinajstić information content (AvgIpc) is 3.40. The first-order valence-electron chi connectivity index (χ1n) is 7.51. The molecular formula is C16H17N5O3. The first-order chi connectivity index (χ1) is 11.7. The summed E-state index contributed by atoms with van der Waals surface area (Å²) in [5.74, 6) is 0.348. The van der Waals surface area contributed by atoms with E-state index in [9.17, 15) is 9.59 Å². The van der Waals surface area contributed by atoms with Crippen molar-refractivity contribution >= 4 is 29.3 Å². The van der Waals surface area contributed by atoms with Gasteiger partial charge in [0.25, 0.3) is 0 Å². The molecule has 2 amide bonds. The van der Waals surface area contributed by atoms with Gasteiger partial charge in [-0.1, -0.05) is 12.1 Å². The highest BCUT2D eigenvalue weighted by Crippen LogP contribution is 2.21. The number of nitrogens with zero attached hydrogens (tertiary/aromatic N) is 2. The number of anilines is 3. The fraction of sp³-hybridized carbons (Fsp3) is 0.250. The van der Waals surface area contributed by atoms with E-state index in [2.05, 4.69) is 26.1 Å². The van der Waals surface area contributed by atoms with Crippen molar-refractivity contribution in [3.63, 3.8) is 0 Å². The molecule has 1 saturated carbocycles. The van der Waals surface area contributed by atoms with E-state index < -0.39 is 5.97 Å². The molecule has 1 aliphatic carbocycles. The zero-order chi connectivity index (χ0) is 16.9. The van der Waals surface area contributed by atoms with Gasteiger partial charge in [0, 0.05) is 6.04 Å². The van der Waals surface area contributed by atoms with Crippen LogP contribution in [0.25, 0.3) is 0 Å². The van der Waals surface area contributed by atoms with Crippen LogP contribution in [0.4, 0.5) is 22.1 Å². The Morgan fingerprint density at radius 1 is 1.08 bits per heavy atom. The molecular weight excluding hydrogens is 310 g/mol. The largest absolute Gasteiger partial charge is 0.465 e. The Morgan fingerprint density at radius 3 is 2.46 bits per heavy atom. The second-order valence-corrected chi connectivity index (χ2v) is 5.34. The molecule has 0 radical (unpaired) electrons. The monoisotopic (exact) mass is 327 g/mol. The molecule has 1 aliphatic rings. The number of carbonyl (C=O) groups excluding carboxylic acids is 2. The number of aromatic nitrogens is 2. The summed E-state index contributed by atoms with van der Waals surface area (Å²) in [6, 6.07) is 10.2. The van der Waals surface area contributed by atoms with Crippen molar-refractivity contribution in [2.75, 3.05) is 17.7 Å². The minimum absolute atomic E-state index is 0.272. The van der Waals surface area contributed by atoms with E-state index >= 15 is 0 Å². The van der Waals surface area contributed by atoms with Gasteiger partial charge >= 0.3 is 12.0 Å². The summed E-state index contributed by atoms with van der Waals surface area (Å²) < 4.78 is 4.74. The zero-order valence-electron chi connectivity index (χ0n) is 13.1. The Labute approximate surface area is 138 Å². The molecule has 1 heterocycles. The highest BCUT2D eigenvalue weighted by atomic mass is 16.5. The van der Waals surface area contributed by atoms with Crippen LogP contribution in [-0.4, -0.2) is 35.3 Å². The van der Waals surface area contributed by atoms with E-state index in [1.165, 1.54) is 7.11 Å². The van der Waals surface area contributed by atoms with Crippen LogP contribution < -0.4 is 16.0 Å². The Morgan fingerprint density at radius 2 is 1.79 bits per heavy atom. The second kappa shape index (κ2) is 6.95.